The molecular formula is C28H32BrO5P. The lowest BCUT2D eigenvalue weighted by Crippen LogP contribution is -2.17. The Morgan fingerprint density at radius 2 is 1.86 bits per heavy atom. The lowest BCUT2D eigenvalue weighted by Gasteiger charge is -2.30. The average molecular weight is 559 g/mol. The number of hydrogen-bond donors (Lipinski definition) is 1. The van der Waals surface area contributed by atoms with Gasteiger partial charge < -0.3 is 14.4 Å². The molecular weight excluding hydrogens is 527 g/mol. The summed E-state index contributed by atoms with van der Waals surface area (Å²) in [6, 6.07) is 17.6. The molecule has 2 atom stereocenters. The molecule has 0 radical (unpaired) electrons. The van der Waals surface area contributed by atoms with E-state index in [0.29, 0.717) is 24.5 Å². The second-order valence-corrected chi connectivity index (χ2v) is 12.3. The molecule has 3 aromatic carbocycles. The van der Waals surface area contributed by atoms with Gasteiger partial charge in [-0.2, -0.15) is 0 Å². The first-order valence-corrected chi connectivity index (χ1v) is 14.4. The summed E-state index contributed by atoms with van der Waals surface area (Å²) in [6.07, 6.45) is 0.980. The molecule has 1 aliphatic rings. The molecule has 7 heteroatoms. The monoisotopic (exact) mass is 558 g/mol. The van der Waals surface area contributed by atoms with E-state index in [0.717, 1.165) is 38.7 Å². The maximum Gasteiger partial charge on any atom is 0.368 e. The maximum absolute atomic E-state index is 13.3. The van der Waals surface area contributed by atoms with Crippen molar-refractivity contribution in [3.05, 3.63) is 92.5 Å². The Balaban J connectivity index is 1.45. The topological polar surface area (TPSA) is 65.0 Å². The summed E-state index contributed by atoms with van der Waals surface area (Å²) < 4.78 is 31.6. The number of hydrogen-bond acceptors (Lipinski definition) is 5. The maximum atomic E-state index is 13.3. The zero-order chi connectivity index (χ0) is 25.2. The third kappa shape index (κ3) is 6.37. The number of aromatic hydroxyl groups is 1. The van der Waals surface area contributed by atoms with Crippen molar-refractivity contribution in [2.24, 2.45) is 0 Å². The minimum absolute atomic E-state index is 0.133. The molecule has 0 spiro atoms. The van der Waals surface area contributed by atoms with Gasteiger partial charge in [-0.25, -0.2) is 0 Å². The summed E-state index contributed by atoms with van der Waals surface area (Å²) in [7, 11) is -3.39. The summed E-state index contributed by atoms with van der Waals surface area (Å²) in [5.74, 6) is 1.23. The fraction of sp³-hybridized carbons (Fsp3) is 0.357. The van der Waals surface area contributed by atoms with Crippen molar-refractivity contribution in [1.29, 1.82) is 0 Å². The van der Waals surface area contributed by atoms with Gasteiger partial charge in [0.15, 0.2) is 6.35 Å². The lowest BCUT2D eigenvalue weighted by molar-refractivity contribution is 0.0725. The number of halogens is 1. The van der Waals surface area contributed by atoms with Crippen LogP contribution < -0.4 is 4.74 Å². The van der Waals surface area contributed by atoms with Crippen molar-refractivity contribution in [3.63, 3.8) is 0 Å². The van der Waals surface area contributed by atoms with Crippen LogP contribution in [0.25, 0.3) is 0 Å². The van der Waals surface area contributed by atoms with Crippen LogP contribution in [0.5, 0.6) is 11.5 Å². The Bertz CT molecular complexity index is 1230. The highest BCUT2D eigenvalue weighted by Gasteiger charge is 2.35. The largest absolute Gasteiger partial charge is 0.508 e. The van der Waals surface area contributed by atoms with Crippen LogP contribution in [-0.2, 0) is 20.0 Å². The Kier molecular flexibility index (Phi) is 8.07. The Hall–Kier alpha value is -2.11. The second-order valence-electron chi connectivity index (χ2n) is 9.42. The van der Waals surface area contributed by atoms with Gasteiger partial charge in [-0.15, -0.1) is 0 Å². The molecule has 4 rings (SSSR count). The predicted molar refractivity (Wildman–Crippen MR) is 143 cm³/mol. The summed E-state index contributed by atoms with van der Waals surface area (Å²) in [5, 5.41) is 10.1. The summed E-state index contributed by atoms with van der Waals surface area (Å²) in [6.45, 7) is 8.62. The van der Waals surface area contributed by atoms with E-state index in [2.05, 4.69) is 49.7 Å². The molecule has 3 aromatic rings. The van der Waals surface area contributed by atoms with Crippen molar-refractivity contribution in [1.82, 2.24) is 0 Å². The van der Waals surface area contributed by atoms with E-state index in [4.69, 9.17) is 13.8 Å². The molecule has 5 nitrogen and oxygen atoms in total. The first-order chi connectivity index (χ1) is 16.6. The van der Waals surface area contributed by atoms with Crippen molar-refractivity contribution < 1.29 is 23.5 Å². The fourth-order valence-electron chi connectivity index (χ4n) is 4.43. The van der Waals surface area contributed by atoms with Crippen LogP contribution in [0.15, 0.2) is 59.1 Å². The highest BCUT2D eigenvalue weighted by atomic mass is 79.9. The molecule has 0 aliphatic carbocycles. The molecule has 1 aliphatic heterocycles. The van der Waals surface area contributed by atoms with Gasteiger partial charge in [0.05, 0.1) is 12.7 Å². The van der Waals surface area contributed by atoms with Crippen molar-refractivity contribution in [3.8, 4) is 11.5 Å². The number of aryl methyl sites for hydroxylation is 2. The van der Waals surface area contributed by atoms with Gasteiger partial charge in [0.25, 0.3) is 0 Å². The second kappa shape index (κ2) is 10.9. The summed E-state index contributed by atoms with van der Waals surface area (Å²) >= 11 is 3.48. The molecule has 1 fully saturated rings. The normalized spacial score (nSPS) is 20.2. The fourth-order valence-corrected chi connectivity index (χ4v) is 6.35. The van der Waals surface area contributed by atoms with Crippen LogP contribution >= 0.6 is 23.5 Å². The first-order valence-electron chi connectivity index (χ1n) is 11.9. The highest BCUT2D eigenvalue weighted by molar-refractivity contribution is 9.10. The summed E-state index contributed by atoms with van der Waals surface area (Å²) in [4.78, 5) is 0. The smallest absolute Gasteiger partial charge is 0.368 e. The van der Waals surface area contributed by atoms with Crippen molar-refractivity contribution in [2.45, 2.75) is 52.6 Å². The van der Waals surface area contributed by atoms with E-state index in [9.17, 15) is 9.67 Å². The van der Waals surface area contributed by atoms with Crippen molar-refractivity contribution >= 4 is 23.5 Å². The van der Waals surface area contributed by atoms with Crippen LogP contribution in [0.4, 0.5) is 0 Å². The molecule has 0 saturated carbocycles. The third-order valence-corrected chi connectivity index (χ3v) is 8.42. The predicted octanol–water partition coefficient (Wildman–Crippen LogP) is 8.19. The molecule has 0 bridgehead atoms. The van der Waals surface area contributed by atoms with Gasteiger partial charge in [-0.3, -0.25) is 9.09 Å². The molecule has 35 heavy (non-hydrogen) atoms. The zero-order valence-electron chi connectivity index (χ0n) is 20.6. The minimum atomic E-state index is -3.39. The quantitative estimate of drug-likeness (QED) is 0.296. The zero-order valence-corrected chi connectivity index (χ0v) is 23.1. The molecule has 0 aromatic heterocycles. The van der Waals surface area contributed by atoms with Gasteiger partial charge in [-0.05, 0) is 89.9 Å². The lowest BCUT2D eigenvalue weighted by atomic mass is 9.93. The van der Waals surface area contributed by atoms with E-state index < -0.39 is 7.60 Å². The Morgan fingerprint density at radius 1 is 1.11 bits per heavy atom. The molecule has 186 valence electrons. The first kappa shape index (κ1) is 26.0. The molecule has 1 N–H and O–H groups in total. The van der Waals surface area contributed by atoms with Gasteiger partial charge >= 0.3 is 7.60 Å². The van der Waals surface area contributed by atoms with Gasteiger partial charge in [0.1, 0.15) is 11.5 Å². The van der Waals surface area contributed by atoms with Crippen LogP contribution in [0.3, 0.4) is 0 Å². The molecule has 1 heterocycles. The van der Waals surface area contributed by atoms with Gasteiger partial charge in [0.2, 0.25) is 0 Å². The molecule has 0 unspecified atom stereocenters. The number of benzene rings is 3. The van der Waals surface area contributed by atoms with Crippen molar-refractivity contribution in [2.75, 3.05) is 13.0 Å². The average Bonchev–Trinajstić information content (AvgIpc) is 2.81. The molecule has 1 saturated heterocycles. The van der Waals surface area contributed by atoms with E-state index in [1.54, 1.807) is 6.07 Å². The van der Waals surface area contributed by atoms with E-state index in [-0.39, 0.29) is 18.4 Å². The minimum Gasteiger partial charge on any atom is -0.508 e. The van der Waals surface area contributed by atoms with Crippen LogP contribution in [0.2, 0.25) is 0 Å². The van der Waals surface area contributed by atoms with Crippen LogP contribution in [0, 0.1) is 13.8 Å². The molecule has 0 amide bonds. The SMILES string of the molecule is Cc1cc(OC[P@@]2(=O)OCC[C@@H](c3cccc(Br)c3)O2)cc(C)c1Cc1ccc(O)c(C(C)C)c1. The van der Waals surface area contributed by atoms with E-state index in [1.165, 1.54) is 5.56 Å². The van der Waals surface area contributed by atoms with Crippen LogP contribution in [-0.4, -0.2) is 18.1 Å². The number of phenols is 1. The van der Waals surface area contributed by atoms with E-state index >= 15 is 0 Å². The van der Waals surface area contributed by atoms with E-state index in [1.807, 2.05) is 42.5 Å². The van der Waals surface area contributed by atoms with Gasteiger partial charge in [0, 0.05) is 10.9 Å². The number of ether oxygens (including phenoxy) is 1. The van der Waals surface area contributed by atoms with Crippen LogP contribution in [0.1, 0.15) is 65.7 Å². The highest BCUT2D eigenvalue weighted by Crippen LogP contribution is 2.56. The van der Waals surface area contributed by atoms with Gasteiger partial charge in [-0.1, -0.05) is 54.0 Å². The standard InChI is InChI=1S/C28H32BrO5P/c1-18(2)25-14-21(8-9-27(25)30)15-26-19(3)12-24(13-20(26)4)32-17-35(31)33-11-10-28(34-35)22-6-5-7-23(29)16-22/h5-9,12-14,16,18,28,30H,10-11,15,17H2,1-4H3/t28-,35+/m0/s1. The summed E-state index contributed by atoms with van der Waals surface area (Å²) in [5.41, 5.74) is 6.47. The number of rotatable bonds is 7. The number of phenolic OH excluding ortho intramolecular Hbond substituents is 1. The third-order valence-electron chi connectivity index (χ3n) is 6.33. The Morgan fingerprint density at radius 3 is 2.54 bits per heavy atom. The Labute approximate surface area is 216 Å².